The number of benzene rings is 1. The molecule has 24 heavy (non-hydrogen) atoms. The fourth-order valence-corrected chi connectivity index (χ4v) is 3.62. The normalized spacial score (nSPS) is 19.0. The molecule has 0 radical (unpaired) electrons. The van der Waals surface area contributed by atoms with Crippen molar-refractivity contribution in [2.24, 2.45) is 0 Å². The van der Waals surface area contributed by atoms with Crippen molar-refractivity contribution >= 4 is 0 Å². The lowest BCUT2D eigenvalue weighted by atomic mass is 10.0. The van der Waals surface area contributed by atoms with E-state index < -0.39 is 0 Å². The van der Waals surface area contributed by atoms with E-state index in [4.69, 9.17) is 0 Å². The summed E-state index contributed by atoms with van der Waals surface area (Å²) in [5, 5.41) is 4.29. The molecule has 130 valence electrons. The van der Waals surface area contributed by atoms with Crippen molar-refractivity contribution in [1.82, 2.24) is 19.6 Å². The van der Waals surface area contributed by atoms with Gasteiger partial charge in [-0.1, -0.05) is 30.3 Å². The highest BCUT2D eigenvalue weighted by Crippen LogP contribution is 2.16. The number of piperidine rings is 1. The smallest absolute Gasteiger partial charge is 0.0489 e. The van der Waals surface area contributed by atoms with Crippen molar-refractivity contribution in [3.05, 3.63) is 54.4 Å². The maximum Gasteiger partial charge on any atom is 0.0489 e. The first-order valence-electron chi connectivity index (χ1n) is 9.25. The van der Waals surface area contributed by atoms with Gasteiger partial charge in [-0.2, -0.15) is 5.10 Å². The molecule has 2 aromatic rings. The molecule has 1 saturated heterocycles. The number of likely N-dealkylation sites (N-methyl/N-ethyl adjacent to an activating group) is 1. The zero-order chi connectivity index (χ0) is 16.6. The molecule has 1 aromatic carbocycles. The molecule has 0 bridgehead atoms. The third-order valence-corrected chi connectivity index (χ3v) is 5.12. The summed E-state index contributed by atoms with van der Waals surface area (Å²) in [4.78, 5) is 5.20. The Kier molecular flexibility index (Phi) is 6.44. The largest absolute Gasteiger partial charge is 0.302 e. The quantitative estimate of drug-likeness (QED) is 0.745. The van der Waals surface area contributed by atoms with Crippen LogP contribution in [0.5, 0.6) is 0 Å². The summed E-state index contributed by atoms with van der Waals surface area (Å²) in [6.45, 7) is 5.82. The Morgan fingerprint density at radius 3 is 2.83 bits per heavy atom. The van der Waals surface area contributed by atoms with E-state index in [-0.39, 0.29) is 0 Å². The fourth-order valence-electron chi connectivity index (χ4n) is 3.62. The standard InChI is InChI=1S/C20H30N4/c1-22(17-11-19-8-3-2-4-9-19)20-10-5-13-23(18-20)14-7-16-24-15-6-12-21-24/h2-4,6,8-9,12,15,20H,5,7,10-11,13-14,16-18H2,1H3/t20-/m1/s1. The molecule has 1 aromatic heterocycles. The SMILES string of the molecule is CN(CCc1ccccc1)[C@@H]1CCCN(CCCn2cccn2)C1. The van der Waals surface area contributed by atoms with Crippen molar-refractivity contribution in [2.75, 3.05) is 33.2 Å². The summed E-state index contributed by atoms with van der Waals surface area (Å²) in [5.74, 6) is 0. The minimum absolute atomic E-state index is 0.701. The monoisotopic (exact) mass is 326 g/mol. The molecule has 1 aliphatic rings. The number of hydrogen-bond acceptors (Lipinski definition) is 3. The minimum atomic E-state index is 0.701. The topological polar surface area (TPSA) is 24.3 Å². The maximum absolute atomic E-state index is 4.29. The minimum Gasteiger partial charge on any atom is -0.302 e. The first-order valence-corrected chi connectivity index (χ1v) is 9.25. The van der Waals surface area contributed by atoms with Crippen LogP contribution in [0, 0.1) is 0 Å². The van der Waals surface area contributed by atoms with Crippen LogP contribution in [0.25, 0.3) is 0 Å². The van der Waals surface area contributed by atoms with Crippen molar-refractivity contribution in [3.8, 4) is 0 Å². The average Bonchev–Trinajstić information content (AvgIpc) is 3.14. The number of aromatic nitrogens is 2. The number of nitrogens with zero attached hydrogens (tertiary/aromatic N) is 4. The molecule has 0 spiro atoms. The van der Waals surface area contributed by atoms with Crippen LogP contribution in [0.3, 0.4) is 0 Å². The predicted octanol–water partition coefficient (Wildman–Crippen LogP) is 2.91. The average molecular weight is 326 g/mol. The Hall–Kier alpha value is -1.65. The van der Waals surface area contributed by atoms with E-state index >= 15 is 0 Å². The second-order valence-corrected chi connectivity index (χ2v) is 6.94. The lowest BCUT2D eigenvalue weighted by Crippen LogP contribution is -2.47. The Bertz CT molecular complexity index is 567. The molecule has 0 amide bonds. The highest BCUT2D eigenvalue weighted by molar-refractivity contribution is 5.14. The Morgan fingerprint density at radius 1 is 1.17 bits per heavy atom. The summed E-state index contributed by atoms with van der Waals surface area (Å²) in [7, 11) is 2.29. The molecule has 0 N–H and O–H groups in total. The van der Waals surface area contributed by atoms with Gasteiger partial charge in [0.1, 0.15) is 0 Å². The molecule has 4 heteroatoms. The Labute approximate surface area is 146 Å². The second-order valence-electron chi connectivity index (χ2n) is 6.94. The van der Waals surface area contributed by atoms with Gasteiger partial charge in [0.2, 0.25) is 0 Å². The molecule has 1 atom stereocenters. The van der Waals surface area contributed by atoms with Crippen LogP contribution in [0.2, 0.25) is 0 Å². The van der Waals surface area contributed by atoms with E-state index in [1.807, 2.05) is 16.9 Å². The first-order chi connectivity index (χ1) is 11.8. The van der Waals surface area contributed by atoms with Gasteiger partial charge >= 0.3 is 0 Å². The van der Waals surface area contributed by atoms with Crippen LogP contribution in [0.15, 0.2) is 48.8 Å². The molecule has 2 heterocycles. The highest BCUT2D eigenvalue weighted by atomic mass is 15.3. The van der Waals surface area contributed by atoms with Gasteiger partial charge in [-0.15, -0.1) is 0 Å². The number of hydrogen-bond donors (Lipinski definition) is 0. The van der Waals surface area contributed by atoms with Crippen LogP contribution < -0.4 is 0 Å². The van der Waals surface area contributed by atoms with Gasteiger partial charge in [0.25, 0.3) is 0 Å². The first kappa shape index (κ1) is 17.2. The third-order valence-electron chi connectivity index (χ3n) is 5.12. The molecular formula is C20H30N4. The lowest BCUT2D eigenvalue weighted by molar-refractivity contribution is 0.115. The van der Waals surface area contributed by atoms with Gasteiger partial charge in [-0.25, -0.2) is 0 Å². The molecule has 3 rings (SSSR count). The van der Waals surface area contributed by atoms with Crippen LogP contribution >= 0.6 is 0 Å². The molecule has 0 saturated carbocycles. The van der Waals surface area contributed by atoms with Gasteiger partial charge in [0.15, 0.2) is 0 Å². The maximum atomic E-state index is 4.29. The van der Waals surface area contributed by atoms with E-state index in [0.717, 1.165) is 19.5 Å². The van der Waals surface area contributed by atoms with Gasteiger partial charge in [-0.05, 0) is 57.5 Å². The van der Waals surface area contributed by atoms with E-state index in [0.29, 0.717) is 6.04 Å². The lowest BCUT2D eigenvalue weighted by Gasteiger charge is -2.37. The predicted molar refractivity (Wildman–Crippen MR) is 99.1 cm³/mol. The summed E-state index contributed by atoms with van der Waals surface area (Å²) in [6, 6.07) is 13.5. The van der Waals surface area contributed by atoms with Crippen molar-refractivity contribution in [1.29, 1.82) is 0 Å². The van der Waals surface area contributed by atoms with Gasteiger partial charge in [0, 0.05) is 38.1 Å². The highest BCUT2D eigenvalue weighted by Gasteiger charge is 2.22. The van der Waals surface area contributed by atoms with Gasteiger partial charge < -0.3 is 9.80 Å². The fraction of sp³-hybridized carbons (Fsp3) is 0.550. The van der Waals surface area contributed by atoms with E-state index in [1.54, 1.807) is 0 Å². The molecule has 1 fully saturated rings. The van der Waals surface area contributed by atoms with Crippen molar-refractivity contribution in [3.63, 3.8) is 0 Å². The molecule has 4 nitrogen and oxygen atoms in total. The summed E-state index contributed by atoms with van der Waals surface area (Å²) < 4.78 is 2.04. The van der Waals surface area contributed by atoms with E-state index in [1.165, 1.54) is 44.5 Å². The zero-order valence-corrected chi connectivity index (χ0v) is 14.8. The van der Waals surface area contributed by atoms with Crippen LogP contribution in [0.1, 0.15) is 24.8 Å². The second kappa shape index (κ2) is 9.00. The van der Waals surface area contributed by atoms with Crippen LogP contribution in [0.4, 0.5) is 0 Å². The summed E-state index contributed by atoms with van der Waals surface area (Å²) in [6.07, 6.45) is 8.90. The molecular weight excluding hydrogens is 296 g/mol. The van der Waals surface area contributed by atoms with Gasteiger partial charge in [0.05, 0.1) is 0 Å². The Balaban J connectivity index is 1.39. The number of likely N-dealkylation sites (tertiary alicyclic amines) is 1. The molecule has 1 aliphatic heterocycles. The van der Waals surface area contributed by atoms with Crippen molar-refractivity contribution < 1.29 is 0 Å². The van der Waals surface area contributed by atoms with E-state index in [9.17, 15) is 0 Å². The van der Waals surface area contributed by atoms with E-state index in [2.05, 4.69) is 58.5 Å². The molecule has 0 aliphatic carbocycles. The summed E-state index contributed by atoms with van der Waals surface area (Å²) in [5.41, 5.74) is 1.44. The van der Waals surface area contributed by atoms with Gasteiger partial charge in [-0.3, -0.25) is 4.68 Å². The third kappa shape index (κ3) is 5.18. The number of aryl methyl sites for hydroxylation is 1. The van der Waals surface area contributed by atoms with Crippen LogP contribution in [-0.2, 0) is 13.0 Å². The zero-order valence-electron chi connectivity index (χ0n) is 14.8. The molecule has 0 unspecified atom stereocenters. The van der Waals surface area contributed by atoms with Crippen LogP contribution in [-0.4, -0.2) is 58.8 Å². The Morgan fingerprint density at radius 2 is 2.04 bits per heavy atom. The number of rotatable bonds is 8. The summed E-state index contributed by atoms with van der Waals surface area (Å²) >= 11 is 0. The van der Waals surface area contributed by atoms with Crippen molar-refractivity contribution in [2.45, 2.75) is 38.3 Å².